The number of nitrogens with zero attached hydrogens (tertiary/aromatic N) is 1. The van der Waals surface area contributed by atoms with Crippen LogP contribution in [-0.4, -0.2) is 25.9 Å². The minimum absolute atomic E-state index is 0.183. The van der Waals surface area contributed by atoms with Gasteiger partial charge in [0.2, 0.25) is 10.0 Å². The summed E-state index contributed by atoms with van der Waals surface area (Å²) in [5.74, 6) is -0.551. The summed E-state index contributed by atoms with van der Waals surface area (Å²) in [6, 6.07) is 8.63. The highest BCUT2D eigenvalue weighted by atomic mass is 32.2. The Morgan fingerprint density at radius 2 is 1.96 bits per heavy atom. The number of para-hydroxylation sites is 1. The second-order valence-corrected chi connectivity index (χ2v) is 8.02. The number of carbonyl (C=O) groups excluding carboxylic acids is 1. The van der Waals surface area contributed by atoms with Crippen LogP contribution in [0.25, 0.3) is 0 Å². The third-order valence-electron chi connectivity index (χ3n) is 4.01. The van der Waals surface area contributed by atoms with Crippen molar-refractivity contribution < 1.29 is 22.9 Å². The number of primary sulfonamides is 1. The number of ether oxygens (including phenoxy) is 1. The van der Waals surface area contributed by atoms with Crippen LogP contribution in [0.2, 0.25) is 0 Å². The summed E-state index contributed by atoms with van der Waals surface area (Å²) in [4.78, 5) is 22.3. The highest BCUT2D eigenvalue weighted by Crippen LogP contribution is 2.30. The fraction of sp³-hybridized carbons (Fsp3) is 0.278. The molecule has 0 unspecified atom stereocenters. The Labute approximate surface area is 162 Å². The lowest BCUT2D eigenvalue weighted by Gasteiger charge is -2.16. The van der Waals surface area contributed by atoms with Crippen molar-refractivity contribution in [3.05, 3.63) is 57.6 Å². The maximum Gasteiger partial charge on any atom is 0.312 e. The lowest BCUT2D eigenvalue weighted by Crippen LogP contribution is -2.22. The van der Waals surface area contributed by atoms with Crippen LogP contribution in [0.3, 0.4) is 0 Å². The van der Waals surface area contributed by atoms with E-state index in [4.69, 9.17) is 9.88 Å². The fourth-order valence-electron chi connectivity index (χ4n) is 2.60. The van der Waals surface area contributed by atoms with Crippen molar-refractivity contribution in [1.82, 2.24) is 0 Å². The average molecular weight is 407 g/mol. The Hall–Kier alpha value is -2.98. The first-order valence-electron chi connectivity index (χ1n) is 8.34. The molecule has 0 saturated carbocycles. The van der Waals surface area contributed by atoms with Gasteiger partial charge in [0, 0.05) is 11.8 Å². The molecular formula is C18H21N3O6S. The van der Waals surface area contributed by atoms with Gasteiger partial charge in [-0.15, -0.1) is 0 Å². The highest BCUT2D eigenvalue weighted by molar-refractivity contribution is 7.89. The Morgan fingerprint density at radius 3 is 2.54 bits per heavy atom. The molecule has 0 atom stereocenters. The fourth-order valence-corrected chi connectivity index (χ4v) is 3.13. The Morgan fingerprint density at radius 1 is 1.29 bits per heavy atom. The smallest absolute Gasteiger partial charge is 0.312 e. The number of rotatable bonds is 7. The molecule has 0 radical (unpaired) electrons. The zero-order chi connectivity index (χ0) is 21.1. The molecule has 0 spiro atoms. The molecule has 2 rings (SSSR count). The molecular weight excluding hydrogens is 386 g/mol. The van der Waals surface area contributed by atoms with E-state index in [2.05, 4.69) is 5.32 Å². The van der Waals surface area contributed by atoms with Crippen molar-refractivity contribution >= 4 is 27.3 Å². The molecule has 1 amide bonds. The van der Waals surface area contributed by atoms with Gasteiger partial charge in [-0.25, -0.2) is 13.6 Å². The summed E-state index contributed by atoms with van der Waals surface area (Å²) < 4.78 is 28.0. The largest absolute Gasteiger partial charge is 0.477 e. The maximum atomic E-state index is 12.3. The van der Waals surface area contributed by atoms with Gasteiger partial charge in [0.15, 0.2) is 12.4 Å². The van der Waals surface area contributed by atoms with Gasteiger partial charge in [-0.1, -0.05) is 32.0 Å². The topological polar surface area (TPSA) is 142 Å². The molecule has 0 aliphatic heterocycles. The SMILES string of the molecule is Cc1cccc(C(C)C)c1NC(=O)COc1ccc(S(N)(=O)=O)cc1[N+](=O)[O-]. The number of aryl methyl sites for hydroxylation is 1. The normalized spacial score (nSPS) is 11.3. The summed E-state index contributed by atoms with van der Waals surface area (Å²) >= 11 is 0. The molecule has 0 fully saturated rings. The molecule has 3 N–H and O–H groups in total. The summed E-state index contributed by atoms with van der Waals surface area (Å²) in [5.41, 5.74) is 1.91. The Balaban J connectivity index is 2.19. The molecule has 0 aliphatic rings. The number of anilines is 1. The number of sulfonamides is 1. The van der Waals surface area contributed by atoms with E-state index >= 15 is 0 Å². The van der Waals surface area contributed by atoms with Gasteiger partial charge in [0.1, 0.15) is 0 Å². The number of nitro groups is 1. The predicted octanol–water partition coefficient (Wildman–Crippen LogP) is 2.69. The summed E-state index contributed by atoms with van der Waals surface area (Å²) in [6.07, 6.45) is 0. The van der Waals surface area contributed by atoms with Gasteiger partial charge in [-0.05, 0) is 36.1 Å². The molecule has 0 aromatic heterocycles. The Bertz CT molecular complexity index is 1020. The first-order chi connectivity index (χ1) is 13.0. The molecule has 150 valence electrons. The van der Waals surface area contributed by atoms with Crippen LogP contribution in [-0.2, 0) is 14.8 Å². The van der Waals surface area contributed by atoms with Gasteiger partial charge >= 0.3 is 5.69 Å². The molecule has 0 heterocycles. The standard InChI is InChI=1S/C18H21N3O6S/c1-11(2)14-6-4-5-12(3)18(14)20-17(22)10-27-16-8-7-13(28(19,25)26)9-15(16)21(23)24/h4-9,11H,10H2,1-3H3,(H,20,22)(H2,19,25,26). The van der Waals surface area contributed by atoms with Crippen molar-refractivity contribution in [1.29, 1.82) is 0 Å². The minimum atomic E-state index is -4.10. The van der Waals surface area contributed by atoms with Gasteiger partial charge in [-0.2, -0.15) is 0 Å². The molecule has 10 heteroatoms. The van der Waals surface area contributed by atoms with Crippen molar-refractivity contribution in [2.24, 2.45) is 5.14 Å². The van der Waals surface area contributed by atoms with Gasteiger partial charge in [-0.3, -0.25) is 14.9 Å². The van der Waals surface area contributed by atoms with E-state index in [1.54, 1.807) is 0 Å². The number of nitrogens with two attached hydrogens (primary N) is 1. The second-order valence-electron chi connectivity index (χ2n) is 6.46. The number of hydrogen-bond donors (Lipinski definition) is 2. The van der Waals surface area contributed by atoms with Gasteiger partial charge in [0.05, 0.1) is 9.82 Å². The minimum Gasteiger partial charge on any atom is -0.477 e. The number of nitro benzene ring substituents is 1. The van der Waals surface area contributed by atoms with E-state index in [0.29, 0.717) is 5.69 Å². The van der Waals surface area contributed by atoms with E-state index in [-0.39, 0.29) is 11.7 Å². The zero-order valence-electron chi connectivity index (χ0n) is 15.6. The van der Waals surface area contributed by atoms with Crippen LogP contribution < -0.4 is 15.2 Å². The van der Waals surface area contributed by atoms with Crippen LogP contribution in [0.4, 0.5) is 11.4 Å². The molecule has 0 saturated heterocycles. The van der Waals surface area contributed by atoms with Crippen molar-refractivity contribution in [3.63, 3.8) is 0 Å². The molecule has 0 aliphatic carbocycles. The Kier molecular flexibility index (Phi) is 6.37. The monoisotopic (exact) mass is 407 g/mol. The number of nitrogens with one attached hydrogen (secondary N) is 1. The molecule has 0 bridgehead atoms. The summed E-state index contributed by atoms with van der Waals surface area (Å²) in [6.45, 7) is 5.37. The van der Waals surface area contributed by atoms with Crippen molar-refractivity contribution in [3.8, 4) is 5.75 Å². The lowest BCUT2D eigenvalue weighted by molar-refractivity contribution is -0.386. The van der Waals surface area contributed by atoms with Gasteiger partial charge in [0.25, 0.3) is 5.91 Å². The first kappa shape index (κ1) is 21.3. The molecule has 2 aromatic rings. The number of hydrogen-bond acceptors (Lipinski definition) is 6. The van der Waals surface area contributed by atoms with Crippen LogP contribution in [0.5, 0.6) is 5.75 Å². The third-order valence-corrected chi connectivity index (χ3v) is 4.92. The number of benzene rings is 2. The molecule has 9 nitrogen and oxygen atoms in total. The lowest BCUT2D eigenvalue weighted by atomic mass is 9.98. The predicted molar refractivity (Wildman–Crippen MR) is 104 cm³/mol. The third kappa shape index (κ3) is 5.05. The van der Waals surface area contributed by atoms with Crippen LogP contribution >= 0.6 is 0 Å². The zero-order valence-corrected chi connectivity index (χ0v) is 16.4. The van der Waals surface area contributed by atoms with Gasteiger partial charge < -0.3 is 10.1 Å². The van der Waals surface area contributed by atoms with E-state index in [1.807, 2.05) is 39.0 Å². The summed E-state index contributed by atoms with van der Waals surface area (Å²) in [5, 5.41) is 18.9. The van der Waals surface area contributed by atoms with Crippen LogP contribution in [0, 0.1) is 17.0 Å². The number of carbonyl (C=O) groups is 1. The van der Waals surface area contributed by atoms with Crippen molar-refractivity contribution in [2.75, 3.05) is 11.9 Å². The number of amides is 1. The first-order valence-corrected chi connectivity index (χ1v) is 9.88. The quantitative estimate of drug-likeness (QED) is 0.534. The average Bonchev–Trinajstić information content (AvgIpc) is 2.60. The van der Waals surface area contributed by atoms with E-state index < -0.39 is 38.0 Å². The maximum absolute atomic E-state index is 12.3. The van der Waals surface area contributed by atoms with Crippen LogP contribution in [0.1, 0.15) is 30.9 Å². The molecule has 28 heavy (non-hydrogen) atoms. The second kappa shape index (κ2) is 8.36. The highest BCUT2D eigenvalue weighted by Gasteiger charge is 2.21. The summed E-state index contributed by atoms with van der Waals surface area (Å²) in [7, 11) is -4.10. The van der Waals surface area contributed by atoms with Crippen molar-refractivity contribution in [2.45, 2.75) is 31.6 Å². The van der Waals surface area contributed by atoms with E-state index in [9.17, 15) is 23.3 Å². The van der Waals surface area contributed by atoms with Crippen LogP contribution in [0.15, 0.2) is 41.3 Å². The molecule has 2 aromatic carbocycles. The van der Waals surface area contributed by atoms with E-state index in [1.165, 1.54) is 0 Å². The van der Waals surface area contributed by atoms with E-state index in [0.717, 1.165) is 29.3 Å².